The Morgan fingerprint density at radius 2 is 1.20 bits per heavy atom. The van der Waals surface area contributed by atoms with Crippen LogP contribution in [0.4, 0.5) is 0 Å². The monoisotopic (exact) mass is 198 g/mol. The smallest absolute Gasteiger partial charge is 0.139 e. The highest BCUT2D eigenvalue weighted by Gasteiger charge is 2.26. The van der Waals surface area contributed by atoms with Gasteiger partial charge in [-0.2, -0.15) is 0 Å². The molecule has 0 saturated heterocycles. The number of hydrogen-bond acceptors (Lipinski definition) is 3. The van der Waals surface area contributed by atoms with Crippen LogP contribution in [-0.4, -0.2) is 0 Å². The lowest BCUT2D eigenvalue weighted by atomic mass is 9.99. The first kappa shape index (κ1) is 7.17. The van der Waals surface area contributed by atoms with E-state index in [1.54, 1.807) is 25.1 Å². The second-order valence-corrected chi connectivity index (χ2v) is 3.60. The highest BCUT2D eigenvalue weighted by atomic mass is 16.5. The first-order valence-corrected chi connectivity index (χ1v) is 4.66. The minimum Gasteiger partial charge on any atom is -0.471 e. The van der Waals surface area contributed by atoms with Crippen LogP contribution in [0.3, 0.4) is 0 Å². The summed E-state index contributed by atoms with van der Waals surface area (Å²) in [5.74, 6) is 1.65. The van der Waals surface area contributed by atoms with Crippen molar-refractivity contribution in [2.75, 3.05) is 0 Å². The molecule has 0 fully saturated rings. The molecule has 2 aromatic rings. The molecule has 15 heavy (non-hydrogen) atoms. The van der Waals surface area contributed by atoms with Gasteiger partial charge in [-0.1, -0.05) is 0 Å². The molecule has 2 aromatic heterocycles. The second-order valence-electron chi connectivity index (χ2n) is 3.60. The number of hydrogen-bond donors (Lipinski definition) is 0. The summed E-state index contributed by atoms with van der Waals surface area (Å²) in [6, 6.07) is 0. The molecule has 72 valence electrons. The van der Waals surface area contributed by atoms with Crippen LogP contribution < -0.4 is 0 Å². The lowest BCUT2D eigenvalue weighted by molar-refractivity contribution is 0.467. The zero-order valence-corrected chi connectivity index (χ0v) is 7.69. The second kappa shape index (κ2) is 2.25. The van der Waals surface area contributed by atoms with Crippen molar-refractivity contribution in [3.8, 4) is 0 Å². The predicted molar refractivity (Wildman–Crippen MR) is 54.2 cm³/mol. The SMILES string of the molecule is C1=C2OC(=Cc3cocc32)c2cocc21. The fourth-order valence-electron chi connectivity index (χ4n) is 1.96. The number of rotatable bonds is 0. The van der Waals surface area contributed by atoms with Gasteiger partial charge >= 0.3 is 0 Å². The largest absolute Gasteiger partial charge is 0.471 e. The summed E-state index contributed by atoms with van der Waals surface area (Å²) < 4.78 is 16.0. The van der Waals surface area contributed by atoms with Crippen LogP contribution in [0.1, 0.15) is 22.3 Å². The predicted octanol–water partition coefficient (Wildman–Crippen LogP) is 3.21. The van der Waals surface area contributed by atoms with Gasteiger partial charge in [-0.15, -0.1) is 0 Å². The van der Waals surface area contributed by atoms with E-state index in [2.05, 4.69) is 0 Å². The maximum absolute atomic E-state index is 5.69. The van der Waals surface area contributed by atoms with Crippen molar-refractivity contribution in [1.82, 2.24) is 0 Å². The molecule has 0 aromatic carbocycles. The number of furan rings is 2. The normalized spacial score (nSPS) is 16.0. The highest BCUT2D eigenvalue weighted by Crippen LogP contribution is 2.42. The summed E-state index contributed by atoms with van der Waals surface area (Å²) in [7, 11) is 0. The van der Waals surface area contributed by atoms with E-state index in [-0.39, 0.29) is 0 Å². The maximum Gasteiger partial charge on any atom is 0.139 e. The Morgan fingerprint density at radius 1 is 0.667 bits per heavy atom. The van der Waals surface area contributed by atoms with Crippen LogP contribution in [0, 0.1) is 0 Å². The van der Waals surface area contributed by atoms with Crippen molar-refractivity contribution in [3.05, 3.63) is 47.3 Å². The Hall–Kier alpha value is -2.16. The zero-order valence-electron chi connectivity index (χ0n) is 7.69. The molecule has 0 amide bonds. The van der Waals surface area contributed by atoms with Crippen molar-refractivity contribution in [1.29, 1.82) is 0 Å². The van der Waals surface area contributed by atoms with Gasteiger partial charge in [0.05, 0.1) is 23.7 Å². The van der Waals surface area contributed by atoms with Gasteiger partial charge < -0.3 is 13.6 Å². The third-order valence-electron chi connectivity index (χ3n) is 2.71. The molecule has 4 heterocycles. The van der Waals surface area contributed by atoms with E-state index in [0.717, 1.165) is 33.8 Å². The van der Waals surface area contributed by atoms with Gasteiger partial charge in [0.25, 0.3) is 0 Å². The molecule has 0 atom stereocenters. The van der Waals surface area contributed by atoms with E-state index >= 15 is 0 Å². The third-order valence-corrected chi connectivity index (χ3v) is 2.71. The molecule has 0 unspecified atom stereocenters. The molecule has 0 saturated carbocycles. The van der Waals surface area contributed by atoms with Gasteiger partial charge in [0.2, 0.25) is 0 Å². The zero-order chi connectivity index (χ0) is 9.83. The van der Waals surface area contributed by atoms with Crippen LogP contribution in [-0.2, 0) is 4.74 Å². The number of ether oxygens (including phenoxy) is 1. The summed E-state index contributed by atoms with van der Waals surface area (Å²) in [4.78, 5) is 0. The topological polar surface area (TPSA) is 35.5 Å². The summed E-state index contributed by atoms with van der Waals surface area (Å²) in [6.07, 6.45) is 10.7. The Bertz CT molecular complexity index is 556. The minimum atomic E-state index is 0.824. The van der Waals surface area contributed by atoms with Crippen molar-refractivity contribution in [2.45, 2.75) is 0 Å². The van der Waals surface area contributed by atoms with E-state index in [1.165, 1.54) is 0 Å². The lowest BCUT2D eigenvalue weighted by Crippen LogP contribution is -2.03. The molecule has 3 nitrogen and oxygen atoms in total. The lowest BCUT2D eigenvalue weighted by Gasteiger charge is -2.20. The first-order chi connectivity index (χ1) is 7.42. The molecule has 0 radical (unpaired) electrons. The average molecular weight is 198 g/mol. The van der Waals surface area contributed by atoms with E-state index in [0.29, 0.717) is 0 Å². The third kappa shape index (κ3) is 0.801. The quantitative estimate of drug-likeness (QED) is 0.652. The average Bonchev–Trinajstić information content (AvgIpc) is 2.84. The van der Waals surface area contributed by atoms with E-state index in [4.69, 9.17) is 13.6 Å². The van der Waals surface area contributed by atoms with Crippen LogP contribution in [0.15, 0.2) is 33.9 Å². The summed E-state index contributed by atoms with van der Waals surface area (Å²) >= 11 is 0. The Kier molecular flexibility index (Phi) is 1.08. The molecule has 2 bridgehead atoms. The molecule has 2 aliphatic heterocycles. The fraction of sp³-hybridized carbons (Fsp3) is 0. The van der Waals surface area contributed by atoms with Crippen LogP contribution in [0.25, 0.3) is 23.7 Å². The van der Waals surface area contributed by atoms with Crippen LogP contribution in [0.5, 0.6) is 0 Å². The van der Waals surface area contributed by atoms with Crippen molar-refractivity contribution >= 4 is 23.7 Å². The van der Waals surface area contributed by atoms with Gasteiger partial charge in [0.1, 0.15) is 24.0 Å². The molecule has 2 aliphatic rings. The summed E-state index contributed by atoms with van der Waals surface area (Å²) in [5.41, 5.74) is 4.08. The molecule has 0 spiro atoms. The standard InChI is InChI=1S/C12H6O3/c1-7-3-13-5-9(7)12-2-8-4-14-6-10(8)11(1)15-12/h1-6H. The molecule has 0 N–H and O–H groups in total. The van der Waals surface area contributed by atoms with Crippen LogP contribution >= 0.6 is 0 Å². The first-order valence-electron chi connectivity index (χ1n) is 4.66. The van der Waals surface area contributed by atoms with Gasteiger partial charge in [-0.3, -0.25) is 0 Å². The molecule has 0 aliphatic carbocycles. The maximum atomic E-state index is 5.69. The summed E-state index contributed by atoms with van der Waals surface area (Å²) in [6.45, 7) is 0. The van der Waals surface area contributed by atoms with E-state index in [9.17, 15) is 0 Å². The molecular weight excluding hydrogens is 192 g/mol. The highest BCUT2D eigenvalue weighted by molar-refractivity contribution is 5.98. The Balaban J connectivity index is 2.10. The van der Waals surface area contributed by atoms with Crippen molar-refractivity contribution < 1.29 is 13.6 Å². The van der Waals surface area contributed by atoms with E-state index in [1.807, 2.05) is 12.2 Å². The van der Waals surface area contributed by atoms with Crippen molar-refractivity contribution in [3.63, 3.8) is 0 Å². The molecule has 3 heteroatoms. The molecular formula is C12H6O3. The fourth-order valence-corrected chi connectivity index (χ4v) is 1.96. The number of fused-ring (bicyclic) bond motifs is 6. The Morgan fingerprint density at radius 3 is 1.73 bits per heavy atom. The Labute approximate surface area is 85.3 Å². The minimum absolute atomic E-state index is 0.824. The molecule has 4 rings (SSSR count). The van der Waals surface area contributed by atoms with Gasteiger partial charge in [-0.25, -0.2) is 0 Å². The van der Waals surface area contributed by atoms with Crippen LogP contribution in [0.2, 0.25) is 0 Å². The van der Waals surface area contributed by atoms with Gasteiger partial charge in [-0.05, 0) is 12.2 Å². The van der Waals surface area contributed by atoms with E-state index < -0.39 is 0 Å². The van der Waals surface area contributed by atoms with Gasteiger partial charge in [0, 0.05) is 11.1 Å². The van der Waals surface area contributed by atoms with Gasteiger partial charge in [0.15, 0.2) is 0 Å². The summed E-state index contributed by atoms with van der Waals surface area (Å²) in [5, 5.41) is 0. The van der Waals surface area contributed by atoms with Crippen molar-refractivity contribution in [2.24, 2.45) is 0 Å².